The number of hydrogen-bond acceptors (Lipinski definition) is 2. The number of benzene rings is 2. The molecule has 1 aliphatic rings. The van der Waals surface area contributed by atoms with Crippen molar-refractivity contribution in [1.82, 2.24) is 9.47 Å². The van der Waals surface area contributed by atoms with Gasteiger partial charge in [-0.3, -0.25) is 0 Å². The number of para-hydroxylation sites is 1. The molecule has 1 aliphatic carbocycles. The second-order valence-corrected chi connectivity index (χ2v) is 8.25. The fraction of sp³-hybridized carbons (Fsp3) is 0.375. The van der Waals surface area contributed by atoms with Gasteiger partial charge in [0.1, 0.15) is 5.75 Å². The molecule has 2 aromatic carbocycles. The van der Waals surface area contributed by atoms with Gasteiger partial charge in [0.25, 0.3) is 0 Å². The van der Waals surface area contributed by atoms with E-state index in [1.807, 2.05) is 24.3 Å². The fourth-order valence-corrected chi connectivity index (χ4v) is 4.72. The number of hydrogen-bond donors (Lipinski definition) is 1. The Balaban J connectivity index is 1.61. The molecule has 0 atom stereocenters. The van der Waals surface area contributed by atoms with Crippen LogP contribution in [-0.4, -0.2) is 27.7 Å². The fourth-order valence-electron chi connectivity index (χ4n) is 4.39. The number of nitrogens with one attached hydrogen (secondary N) is 1. The van der Waals surface area contributed by atoms with Crippen LogP contribution in [0.1, 0.15) is 37.7 Å². The summed E-state index contributed by atoms with van der Waals surface area (Å²) < 4.78 is 7.57. The first kappa shape index (κ1) is 19.8. The van der Waals surface area contributed by atoms with Crippen LogP contribution in [-0.2, 0) is 13.6 Å². The molecular weight excluding hydrogens is 378 g/mol. The Morgan fingerprint density at radius 1 is 1.14 bits per heavy atom. The van der Waals surface area contributed by atoms with Gasteiger partial charge in [-0.25, -0.2) is 0 Å². The van der Waals surface area contributed by atoms with Crippen molar-refractivity contribution in [2.45, 2.75) is 44.7 Å². The summed E-state index contributed by atoms with van der Waals surface area (Å²) in [6, 6.07) is 17.0. The molecule has 0 amide bonds. The van der Waals surface area contributed by atoms with E-state index in [0.717, 1.165) is 23.1 Å². The quantitative estimate of drug-likeness (QED) is 0.548. The molecule has 29 heavy (non-hydrogen) atoms. The smallest absolute Gasteiger partial charge is 0.173 e. The summed E-state index contributed by atoms with van der Waals surface area (Å²) in [5.74, 6) is 0.830. The zero-order valence-corrected chi connectivity index (χ0v) is 18.0. The molecule has 0 spiro atoms. The molecule has 1 saturated carbocycles. The zero-order chi connectivity index (χ0) is 20.2. The van der Waals surface area contributed by atoms with Crippen LogP contribution in [0.15, 0.2) is 54.7 Å². The van der Waals surface area contributed by atoms with Gasteiger partial charge in [0.2, 0.25) is 0 Å². The molecule has 1 aromatic heterocycles. The third-order valence-corrected chi connectivity index (χ3v) is 6.25. The Labute approximate surface area is 178 Å². The number of aryl methyl sites for hydroxylation is 1. The van der Waals surface area contributed by atoms with Gasteiger partial charge in [0.15, 0.2) is 5.11 Å². The first-order chi connectivity index (χ1) is 14.2. The molecule has 152 valence electrons. The van der Waals surface area contributed by atoms with Crippen molar-refractivity contribution in [1.29, 1.82) is 0 Å². The summed E-state index contributed by atoms with van der Waals surface area (Å²) in [5, 5.41) is 5.56. The molecule has 3 aromatic rings. The Morgan fingerprint density at radius 3 is 2.72 bits per heavy atom. The minimum Gasteiger partial charge on any atom is -0.497 e. The Morgan fingerprint density at radius 2 is 1.93 bits per heavy atom. The van der Waals surface area contributed by atoms with Crippen molar-refractivity contribution >= 4 is 33.9 Å². The van der Waals surface area contributed by atoms with Crippen molar-refractivity contribution in [3.8, 4) is 5.75 Å². The molecule has 0 radical (unpaired) electrons. The highest BCUT2D eigenvalue weighted by Crippen LogP contribution is 2.28. The van der Waals surface area contributed by atoms with Crippen molar-refractivity contribution < 1.29 is 4.74 Å². The predicted octanol–water partition coefficient (Wildman–Crippen LogP) is 5.72. The number of fused-ring (bicyclic) bond motifs is 1. The van der Waals surface area contributed by atoms with E-state index in [-0.39, 0.29) is 0 Å². The molecule has 0 saturated heterocycles. The molecule has 1 fully saturated rings. The number of anilines is 1. The second kappa shape index (κ2) is 8.87. The summed E-state index contributed by atoms with van der Waals surface area (Å²) in [6.07, 6.45) is 8.52. The second-order valence-electron chi connectivity index (χ2n) is 7.86. The van der Waals surface area contributed by atoms with Gasteiger partial charge in [-0.2, -0.15) is 0 Å². The summed E-state index contributed by atoms with van der Waals surface area (Å²) in [7, 11) is 3.80. The van der Waals surface area contributed by atoms with Crippen molar-refractivity contribution in [3.05, 3.63) is 60.3 Å². The molecule has 1 N–H and O–H groups in total. The predicted molar refractivity (Wildman–Crippen MR) is 125 cm³/mol. The standard InChI is InChI=1S/C24H29N3OS/c1-26-16-18(22-13-6-7-14-23(22)26)17-27(20-10-4-3-5-11-20)24(29)25-19-9-8-12-21(15-19)28-2/h6-9,12-16,20H,3-5,10-11,17H2,1-2H3,(H,25,29). The highest BCUT2D eigenvalue weighted by Gasteiger charge is 2.24. The number of rotatable bonds is 5. The highest BCUT2D eigenvalue weighted by atomic mass is 32.1. The summed E-state index contributed by atoms with van der Waals surface area (Å²) in [6.45, 7) is 0.821. The lowest BCUT2D eigenvalue weighted by atomic mass is 9.94. The lowest BCUT2D eigenvalue weighted by Crippen LogP contribution is -2.43. The molecule has 0 aliphatic heterocycles. The average molecular weight is 408 g/mol. The topological polar surface area (TPSA) is 29.4 Å². The number of ether oxygens (including phenoxy) is 1. The maximum atomic E-state index is 5.91. The minimum atomic E-state index is 0.480. The van der Waals surface area contributed by atoms with Crippen LogP contribution in [0.25, 0.3) is 10.9 Å². The minimum absolute atomic E-state index is 0.480. The molecule has 4 rings (SSSR count). The van der Waals surface area contributed by atoms with E-state index >= 15 is 0 Å². The third-order valence-electron chi connectivity index (χ3n) is 5.92. The number of nitrogens with zero attached hydrogens (tertiary/aromatic N) is 2. The third kappa shape index (κ3) is 4.40. The van der Waals surface area contributed by atoms with Gasteiger partial charge in [-0.05, 0) is 48.8 Å². The van der Waals surface area contributed by atoms with Crippen molar-refractivity contribution in [2.75, 3.05) is 12.4 Å². The van der Waals surface area contributed by atoms with Gasteiger partial charge in [-0.1, -0.05) is 43.5 Å². The van der Waals surface area contributed by atoms with E-state index in [9.17, 15) is 0 Å². The van der Waals surface area contributed by atoms with Gasteiger partial charge < -0.3 is 19.5 Å². The lowest BCUT2D eigenvalue weighted by Gasteiger charge is -2.36. The maximum Gasteiger partial charge on any atom is 0.173 e. The maximum absolute atomic E-state index is 5.91. The van der Waals surface area contributed by atoms with Crippen LogP contribution < -0.4 is 10.1 Å². The Hall–Kier alpha value is -2.53. The van der Waals surface area contributed by atoms with E-state index in [0.29, 0.717) is 6.04 Å². The molecule has 1 heterocycles. The number of methoxy groups -OCH3 is 1. The van der Waals surface area contributed by atoms with Crippen molar-refractivity contribution in [2.24, 2.45) is 7.05 Å². The first-order valence-corrected chi connectivity index (χ1v) is 10.8. The van der Waals surface area contributed by atoms with Gasteiger partial charge in [-0.15, -0.1) is 0 Å². The lowest BCUT2D eigenvalue weighted by molar-refractivity contribution is 0.241. The van der Waals surface area contributed by atoms with E-state index in [1.165, 1.54) is 48.6 Å². The van der Waals surface area contributed by atoms with Crippen LogP contribution in [0.5, 0.6) is 5.75 Å². The van der Waals surface area contributed by atoms with Gasteiger partial charge in [0.05, 0.1) is 7.11 Å². The van der Waals surface area contributed by atoms with Crippen LogP contribution in [0.4, 0.5) is 5.69 Å². The Bertz CT molecular complexity index is 991. The van der Waals surface area contributed by atoms with Crippen LogP contribution >= 0.6 is 12.2 Å². The Kier molecular flexibility index (Phi) is 6.05. The summed E-state index contributed by atoms with van der Waals surface area (Å²) >= 11 is 5.91. The molecule has 0 bridgehead atoms. The molecule has 0 unspecified atom stereocenters. The largest absolute Gasteiger partial charge is 0.497 e. The number of thiocarbonyl (C=S) groups is 1. The summed E-state index contributed by atoms with van der Waals surface area (Å²) in [4.78, 5) is 2.40. The molecule has 5 heteroatoms. The van der Waals surface area contributed by atoms with Gasteiger partial charge in [0, 0.05) is 48.5 Å². The molecule has 4 nitrogen and oxygen atoms in total. The van der Waals surface area contributed by atoms with E-state index in [4.69, 9.17) is 17.0 Å². The van der Waals surface area contributed by atoms with Gasteiger partial charge >= 0.3 is 0 Å². The van der Waals surface area contributed by atoms with Crippen LogP contribution in [0.3, 0.4) is 0 Å². The average Bonchev–Trinajstić information content (AvgIpc) is 3.08. The number of aromatic nitrogens is 1. The van der Waals surface area contributed by atoms with E-state index in [2.05, 4.69) is 52.3 Å². The SMILES string of the molecule is COc1cccc(NC(=S)N(Cc2cn(C)c3ccccc23)C2CCCCC2)c1. The van der Waals surface area contributed by atoms with E-state index in [1.54, 1.807) is 7.11 Å². The van der Waals surface area contributed by atoms with Crippen molar-refractivity contribution in [3.63, 3.8) is 0 Å². The normalized spacial score (nSPS) is 14.7. The summed E-state index contributed by atoms with van der Waals surface area (Å²) in [5.41, 5.74) is 3.55. The van der Waals surface area contributed by atoms with Crippen LogP contribution in [0.2, 0.25) is 0 Å². The van der Waals surface area contributed by atoms with Crippen LogP contribution in [0, 0.1) is 0 Å². The zero-order valence-electron chi connectivity index (χ0n) is 17.2. The monoisotopic (exact) mass is 407 g/mol. The molecular formula is C24H29N3OS. The highest BCUT2D eigenvalue weighted by molar-refractivity contribution is 7.80. The first-order valence-electron chi connectivity index (χ1n) is 10.4. The van der Waals surface area contributed by atoms with E-state index < -0.39 is 0 Å².